The van der Waals surface area contributed by atoms with Crippen molar-refractivity contribution in [2.24, 2.45) is 0 Å². The Kier molecular flexibility index (Phi) is 4.20. The minimum absolute atomic E-state index is 0.297. The lowest BCUT2D eigenvalue weighted by Gasteiger charge is -2.08. The molecule has 2 rings (SSSR count). The average Bonchev–Trinajstić information content (AvgIpc) is 2.38. The van der Waals surface area contributed by atoms with Crippen molar-refractivity contribution in [3.8, 4) is 11.5 Å². The van der Waals surface area contributed by atoms with E-state index in [1.54, 1.807) is 30.5 Å². The third-order valence-corrected chi connectivity index (χ3v) is 2.42. The standard InChI is InChI=1S/C13H11ClN2O3/c1-18-11-5-9(14)6-12(7-11)19-13(17)16-10-3-2-4-15-8-10/h2-8H,1H3,(H,16,17). The van der Waals surface area contributed by atoms with Crippen molar-refractivity contribution in [2.75, 3.05) is 12.4 Å². The van der Waals surface area contributed by atoms with Crippen LogP contribution in [0.4, 0.5) is 10.5 Å². The molecule has 0 unspecified atom stereocenters. The van der Waals surface area contributed by atoms with Crippen LogP contribution in [0.3, 0.4) is 0 Å². The number of hydrogen-bond donors (Lipinski definition) is 1. The van der Waals surface area contributed by atoms with Crippen LogP contribution in [0.5, 0.6) is 11.5 Å². The molecule has 0 fully saturated rings. The monoisotopic (exact) mass is 278 g/mol. The van der Waals surface area contributed by atoms with Gasteiger partial charge in [-0.25, -0.2) is 4.79 Å². The lowest BCUT2D eigenvalue weighted by Crippen LogP contribution is -2.16. The van der Waals surface area contributed by atoms with Crippen molar-refractivity contribution < 1.29 is 14.3 Å². The number of ether oxygens (including phenoxy) is 2. The van der Waals surface area contributed by atoms with Crippen LogP contribution in [-0.4, -0.2) is 18.2 Å². The zero-order valence-electron chi connectivity index (χ0n) is 10.1. The summed E-state index contributed by atoms with van der Waals surface area (Å²) in [7, 11) is 1.51. The molecule has 6 heteroatoms. The summed E-state index contributed by atoms with van der Waals surface area (Å²) in [5.41, 5.74) is 0.543. The molecule has 1 aromatic heterocycles. The number of rotatable bonds is 3. The highest BCUT2D eigenvalue weighted by atomic mass is 35.5. The van der Waals surface area contributed by atoms with E-state index in [0.29, 0.717) is 22.2 Å². The van der Waals surface area contributed by atoms with E-state index >= 15 is 0 Å². The molecule has 1 amide bonds. The van der Waals surface area contributed by atoms with Gasteiger partial charge >= 0.3 is 6.09 Å². The molecular weight excluding hydrogens is 268 g/mol. The van der Waals surface area contributed by atoms with Crippen molar-refractivity contribution in [3.05, 3.63) is 47.7 Å². The molecule has 0 bridgehead atoms. The van der Waals surface area contributed by atoms with Gasteiger partial charge in [-0.2, -0.15) is 0 Å². The third kappa shape index (κ3) is 3.86. The molecule has 98 valence electrons. The van der Waals surface area contributed by atoms with Crippen LogP contribution in [0.15, 0.2) is 42.7 Å². The average molecular weight is 279 g/mol. The van der Waals surface area contributed by atoms with Crippen molar-refractivity contribution in [3.63, 3.8) is 0 Å². The van der Waals surface area contributed by atoms with E-state index in [4.69, 9.17) is 21.1 Å². The molecule has 1 heterocycles. The van der Waals surface area contributed by atoms with Gasteiger partial charge in [0, 0.05) is 17.3 Å². The lowest BCUT2D eigenvalue weighted by molar-refractivity contribution is 0.215. The molecule has 19 heavy (non-hydrogen) atoms. The topological polar surface area (TPSA) is 60.5 Å². The highest BCUT2D eigenvalue weighted by Crippen LogP contribution is 2.26. The largest absolute Gasteiger partial charge is 0.497 e. The molecule has 0 saturated carbocycles. The number of pyridine rings is 1. The highest BCUT2D eigenvalue weighted by molar-refractivity contribution is 6.30. The number of nitrogens with zero attached hydrogens (tertiary/aromatic N) is 1. The predicted molar refractivity (Wildman–Crippen MR) is 71.9 cm³/mol. The Morgan fingerprint density at radius 3 is 2.79 bits per heavy atom. The van der Waals surface area contributed by atoms with E-state index in [9.17, 15) is 4.79 Å². The van der Waals surface area contributed by atoms with E-state index in [1.165, 1.54) is 19.4 Å². The minimum Gasteiger partial charge on any atom is -0.497 e. The fourth-order valence-corrected chi connectivity index (χ4v) is 1.62. The molecule has 1 aromatic carbocycles. The fraction of sp³-hybridized carbons (Fsp3) is 0.0769. The van der Waals surface area contributed by atoms with E-state index in [2.05, 4.69) is 10.3 Å². The van der Waals surface area contributed by atoms with Crippen LogP contribution in [0.25, 0.3) is 0 Å². The smallest absolute Gasteiger partial charge is 0.417 e. The maximum absolute atomic E-state index is 11.6. The van der Waals surface area contributed by atoms with Crippen molar-refractivity contribution >= 4 is 23.4 Å². The lowest BCUT2D eigenvalue weighted by atomic mass is 10.3. The first-order valence-electron chi connectivity index (χ1n) is 5.41. The second-order valence-corrected chi connectivity index (χ2v) is 4.02. The first kappa shape index (κ1) is 13.2. The number of anilines is 1. The summed E-state index contributed by atoms with van der Waals surface area (Å²) in [4.78, 5) is 15.5. The Morgan fingerprint density at radius 2 is 2.11 bits per heavy atom. The van der Waals surface area contributed by atoms with E-state index in [-0.39, 0.29) is 0 Å². The van der Waals surface area contributed by atoms with Gasteiger partial charge in [0.25, 0.3) is 0 Å². The van der Waals surface area contributed by atoms with Crippen LogP contribution < -0.4 is 14.8 Å². The number of aromatic nitrogens is 1. The van der Waals surface area contributed by atoms with Gasteiger partial charge in [0.2, 0.25) is 0 Å². The molecule has 0 atom stereocenters. The van der Waals surface area contributed by atoms with Crippen LogP contribution in [0.1, 0.15) is 0 Å². The second-order valence-electron chi connectivity index (χ2n) is 3.58. The zero-order chi connectivity index (χ0) is 13.7. The Labute approximate surface area is 115 Å². The zero-order valence-corrected chi connectivity index (χ0v) is 10.8. The molecule has 0 saturated heterocycles. The summed E-state index contributed by atoms with van der Waals surface area (Å²) in [6.07, 6.45) is 2.50. The summed E-state index contributed by atoms with van der Waals surface area (Å²) >= 11 is 5.87. The SMILES string of the molecule is COc1cc(Cl)cc(OC(=O)Nc2cccnc2)c1. The number of hydrogen-bond acceptors (Lipinski definition) is 4. The quantitative estimate of drug-likeness (QED) is 0.935. The van der Waals surface area contributed by atoms with Gasteiger partial charge in [0.1, 0.15) is 11.5 Å². The van der Waals surface area contributed by atoms with Gasteiger partial charge in [0.15, 0.2) is 0 Å². The molecule has 2 aromatic rings. The molecule has 0 aliphatic rings. The van der Waals surface area contributed by atoms with Crippen molar-refractivity contribution in [2.45, 2.75) is 0 Å². The van der Waals surface area contributed by atoms with Crippen LogP contribution >= 0.6 is 11.6 Å². The van der Waals surface area contributed by atoms with Crippen molar-refractivity contribution in [1.29, 1.82) is 0 Å². The van der Waals surface area contributed by atoms with E-state index in [1.807, 2.05) is 0 Å². The molecule has 0 radical (unpaired) electrons. The number of methoxy groups -OCH3 is 1. The van der Waals surface area contributed by atoms with Crippen LogP contribution in [0.2, 0.25) is 5.02 Å². The summed E-state index contributed by atoms with van der Waals surface area (Å²) in [5.74, 6) is 0.808. The number of halogens is 1. The molecule has 0 aliphatic carbocycles. The summed E-state index contributed by atoms with van der Waals surface area (Å²) in [6.45, 7) is 0. The van der Waals surface area contributed by atoms with Gasteiger partial charge < -0.3 is 9.47 Å². The first-order valence-corrected chi connectivity index (χ1v) is 5.78. The van der Waals surface area contributed by atoms with Crippen molar-refractivity contribution in [1.82, 2.24) is 4.98 Å². The number of carbonyl (C=O) groups is 1. The summed E-state index contributed by atoms with van der Waals surface area (Å²) in [5, 5.41) is 2.96. The Balaban J connectivity index is 2.05. The van der Waals surface area contributed by atoms with Gasteiger partial charge in [0.05, 0.1) is 19.0 Å². The van der Waals surface area contributed by atoms with E-state index < -0.39 is 6.09 Å². The van der Waals surface area contributed by atoms with Gasteiger partial charge in [-0.1, -0.05) is 11.6 Å². The Bertz CT molecular complexity index is 575. The van der Waals surface area contributed by atoms with Crippen LogP contribution in [0, 0.1) is 0 Å². The predicted octanol–water partition coefficient (Wildman–Crippen LogP) is 3.35. The molecule has 0 aliphatic heterocycles. The summed E-state index contributed by atoms with van der Waals surface area (Å²) in [6, 6.07) is 8.11. The highest BCUT2D eigenvalue weighted by Gasteiger charge is 2.07. The molecule has 5 nitrogen and oxygen atoms in total. The number of carbonyl (C=O) groups excluding carboxylic acids is 1. The summed E-state index contributed by atoms with van der Waals surface area (Å²) < 4.78 is 10.1. The van der Waals surface area contributed by atoms with Crippen LogP contribution in [-0.2, 0) is 0 Å². The van der Waals surface area contributed by atoms with Gasteiger partial charge in [-0.15, -0.1) is 0 Å². The first-order chi connectivity index (χ1) is 9.17. The maximum atomic E-state index is 11.6. The number of benzene rings is 1. The maximum Gasteiger partial charge on any atom is 0.417 e. The van der Waals surface area contributed by atoms with Gasteiger partial charge in [-0.05, 0) is 24.3 Å². The normalized spacial score (nSPS) is 9.79. The minimum atomic E-state index is -0.627. The molecule has 0 spiro atoms. The number of nitrogens with one attached hydrogen (secondary N) is 1. The van der Waals surface area contributed by atoms with E-state index in [0.717, 1.165) is 0 Å². The van der Waals surface area contributed by atoms with Gasteiger partial charge in [-0.3, -0.25) is 10.3 Å². The Hall–Kier alpha value is -2.27. The molecule has 1 N–H and O–H groups in total. The second kappa shape index (κ2) is 6.06. The molecular formula is C13H11ClN2O3. The number of amides is 1. The Morgan fingerprint density at radius 1 is 1.32 bits per heavy atom. The fourth-order valence-electron chi connectivity index (χ4n) is 1.40. The third-order valence-electron chi connectivity index (χ3n) is 2.20.